The van der Waals surface area contributed by atoms with E-state index in [0.717, 1.165) is 4.68 Å². The molecule has 20 heavy (non-hydrogen) atoms. The fraction of sp³-hybridized carbons (Fsp3) is 0. The molecule has 0 spiro atoms. The summed E-state index contributed by atoms with van der Waals surface area (Å²) in [6.07, 6.45) is 0. The molecule has 5 heteroatoms. The van der Waals surface area contributed by atoms with E-state index in [1.54, 1.807) is 24.3 Å². The van der Waals surface area contributed by atoms with E-state index in [2.05, 4.69) is 5.10 Å². The first-order chi connectivity index (χ1) is 9.66. The fourth-order valence-electron chi connectivity index (χ4n) is 2.03. The van der Waals surface area contributed by atoms with Crippen LogP contribution in [0.3, 0.4) is 0 Å². The van der Waals surface area contributed by atoms with Crippen molar-refractivity contribution in [3.63, 3.8) is 0 Å². The molecule has 0 atom stereocenters. The highest BCUT2D eigenvalue weighted by molar-refractivity contribution is 5.59. The number of hydrogen-bond acceptors (Lipinski definition) is 1. The lowest BCUT2D eigenvalue weighted by molar-refractivity contribution is 0.608. The van der Waals surface area contributed by atoms with Gasteiger partial charge in [-0.05, 0) is 24.3 Å². The Bertz CT molecular complexity index is 820. The molecule has 0 radical (unpaired) electrons. The Morgan fingerprint density at radius 2 is 1.55 bits per heavy atom. The minimum absolute atomic E-state index is 0.0973. The van der Waals surface area contributed by atoms with E-state index in [9.17, 15) is 13.6 Å². The number of aromatic nitrogens is 2. The molecular formula is C15H10F2N2O. The van der Waals surface area contributed by atoms with Gasteiger partial charge in [0.15, 0.2) is 0 Å². The van der Waals surface area contributed by atoms with Gasteiger partial charge in [0.05, 0.1) is 5.69 Å². The Kier molecular flexibility index (Phi) is 2.95. The number of nitrogens with zero attached hydrogens (tertiary/aromatic N) is 1. The number of rotatable bonds is 2. The van der Waals surface area contributed by atoms with Crippen LogP contribution in [0.4, 0.5) is 8.78 Å². The number of para-hydroxylation sites is 1. The van der Waals surface area contributed by atoms with Crippen LogP contribution >= 0.6 is 0 Å². The summed E-state index contributed by atoms with van der Waals surface area (Å²) in [4.78, 5) is 11.9. The third-order valence-corrected chi connectivity index (χ3v) is 2.98. The van der Waals surface area contributed by atoms with Gasteiger partial charge in [0.1, 0.15) is 17.3 Å². The summed E-state index contributed by atoms with van der Waals surface area (Å²) < 4.78 is 28.4. The minimum Gasteiger partial charge on any atom is -0.290 e. The molecule has 2 aromatic carbocycles. The van der Waals surface area contributed by atoms with Crippen LogP contribution in [0, 0.1) is 11.6 Å². The van der Waals surface area contributed by atoms with Gasteiger partial charge in [-0.2, -0.15) is 0 Å². The van der Waals surface area contributed by atoms with Crippen LogP contribution in [0.2, 0.25) is 0 Å². The van der Waals surface area contributed by atoms with Crippen LogP contribution in [-0.4, -0.2) is 9.78 Å². The third kappa shape index (κ3) is 2.03. The molecule has 0 aliphatic rings. The van der Waals surface area contributed by atoms with E-state index < -0.39 is 17.2 Å². The Labute approximate surface area is 113 Å². The molecule has 3 nitrogen and oxygen atoms in total. The Hall–Kier alpha value is -2.69. The van der Waals surface area contributed by atoms with Gasteiger partial charge < -0.3 is 0 Å². The number of H-pyrrole nitrogens is 1. The van der Waals surface area contributed by atoms with E-state index in [-0.39, 0.29) is 11.3 Å². The standard InChI is InChI=1S/C15H10F2N2O/c16-11-6-2-1-5-10(11)13-9-15(20)19(18-13)14-8-4-3-7-12(14)17/h1-9,18H. The fourth-order valence-corrected chi connectivity index (χ4v) is 2.03. The molecule has 0 bridgehead atoms. The van der Waals surface area contributed by atoms with Crippen LogP contribution in [0.15, 0.2) is 59.4 Å². The first kappa shape index (κ1) is 12.3. The molecular weight excluding hydrogens is 262 g/mol. The zero-order chi connectivity index (χ0) is 14.1. The van der Waals surface area contributed by atoms with Crippen LogP contribution in [0.5, 0.6) is 0 Å². The summed E-state index contributed by atoms with van der Waals surface area (Å²) in [5.41, 5.74) is 0.212. The van der Waals surface area contributed by atoms with Crippen LogP contribution in [0.1, 0.15) is 0 Å². The lowest BCUT2D eigenvalue weighted by Gasteiger charge is -2.03. The monoisotopic (exact) mass is 272 g/mol. The average molecular weight is 272 g/mol. The number of halogens is 2. The van der Waals surface area contributed by atoms with Crippen molar-refractivity contribution in [3.05, 3.63) is 76.6 Å². The second-order valence-corrected chi connectivity index (χ2v) is 4.27. The van der Waals surface area contributed by atoms with Crippen LogP contribution in [0.25, 0.3) is 16.9 Å². The molecule has 0 saturated heterocycles. The van der Waals surface area contributed by atoms with Crippen LogP contribution in [-0.2, 0) is 0 Å². The van der Waals surface area contributed by atoms with Crippen molar-refractivity contribution in [3.8, 4) is 16.9 Å². The summed E-state index contributed by atoms with van der Waals surface area (Å²) in [5, 5.41) is 2.72. The van der Waals surface area contributed by atoms with Crippen molar-refractivity contribution < 1.29 is 8.78 Å². The lowest BCUT2D eigenvalue weighted by Crippen LogP contribution is -2.14. The molecule has 0 unspecified atom stereocenters. The van der Waals surface area contributed by atoms with Gasteiger partial charge in [0, 0.05) is 11.6 Å². The molecule has 100 valence electrons. The zero-order valence-electron chi connectivity index (χ0n) is 10.3. The van der Waals surface area contributed by atoms with Gasteiger partial charge in [-0.3, -0.25) is 9.89 Å². The number of aromatic amines is 1. The average Bonchev–Trinajstić information content (AvgIpc) is 2.81. The molecule has 0 saturated carbocycles. The van der Waals surface area contributed by atoms with Crippen molar-refractivity contribution in [2.45, 2.75) is 0 Å². The zero-order valence-corrected chi connectivity index (χ0v) is 10.3. The van der Waals surface area contributed by atoms with Crippen LogP contribution < -0.4 is 5.56 Å². The van der Waals surface area contributed by atoms with E-state index in [0.29, 0.717) is 5.69 Å². The van der Waals surface area contributed by atoms with Gasteiger partial charge in [-0.15, -0.1) is 0 Å². The largest absolute Gasteiger partial charge is 0.290 e. The van der Waals surface area contributed by atoms with Crippen molar-refractivity contribution in [2.75, 3.05) is 0 Å². The second-order valence-electron chi connectivity index (χ2n) is 4.27. The normalized spacial score (nSPS) is 10.7. The van der Waals surface area contributed by atoms with E-state index in [1.165, 1.54) is 30.3 Å². The van der Waals surface area contributed by atoms with Gasteiger partial charge >= 0.3 is 0 Å². The van der Waals surface area contributed by atoms with Crippen molar-refractivity contribution in [1.82, 2.24) is 9.78 Å². The van der Waals surface area contributed by atoms with E-state index >= 15 is 0 Å². The number of benzene rings is 2. The maximum absolute atomic E-state index is 13.7. The quantitative estimate of drug-likeness (QED) is 0.764. The van der Waals surface area contributed by atoms with Crippen molar-refractivity contribution in [1.29, 1.82) is 0 Å². The molecule has 1 aromatic heterocycles. The molecule has 0 aliphatic heterocycles. The van der Waals surface area contributed by atoms with Gasteiger partial charge in [-0.1, -0.05) is 24.3 Å². The summed E-state index contributed by atoms with van der Waals surface area (Å²) in [5.74, 6) is -0.981. The van der Waals surface area contributed by atoms with Crippen molar-refractivity contribution in [2.24, 2.45) is 0 Å². The maximum Gasteiger partial charge on any atom is 0.271 e. The third-order valence-electron chi connectivity index (χ3n) is 2.98. The number of hydrogen-bond donors (Lipinski definition) is 1. The van der Waals surface area contributed by atoms with Gasteiger partial charge in [0.2, 0.25) is 0 Å². The minimum atomic E-state index is -0.531. The smallest absolute Gasteiger partial charge is 0.271 e. The first-order valence-electron chi connectivity index (χ1n) is 5.98. The molecule has 1 N–H and O–H groups in total. The van der Waals surface area contributed by atoms with E-state index in [1.807, 2.05) is 0 Å². The number of nitrogens with one attached hydrogen (secondary N) is 1. The lowest BCUT2D eigenvalue weighted by atomic mass is 10.1. The van der Waals surface area contributed by atoms with Crippen molar-refractivity contribution >= 4 is 0 Å². The summed E-state index contributed by atoms with van der Waals surface area (Å²) in [6.45, 7) is 0. The highest BCUT2D eigenvalue weighted by Gasteiger charge is 2.12. The Morgan fingerprint density at radius 3 is 2.25 bits per heavy atom. The maximum atomic E-state index is 13.7. The van der Waals surface area contributed by atoms with Gasteiger partial charge in [-0.25, -0.2) is 13.5 Å². The first-order valence-corrected chi connectivity index (χ1v) is 5.98. The predicted octanol–water partition coefficient (Wildman–Crippen LogP) is 3.11. The SMILES string of the molecule is O=c1cc(-c2ccccc2F)[nH]n1-c1ccccc1F. The second kappa shape index (κ2) is 4.77. The molecule has 0 amide bonds. The van der Waals surface area contributed by atoms with Gasteiger partial charge in [0.25, 0.3) is 5.56 Å². The highest BCUT2D eigenvalue weighted by Crippen LogP contribution is 2.20. The predicted molar refractivity (Wildman–Crippen MR) is 71.7 cm³/mol. The molecule has 3 aromatic rings. The molecule has 0 fully saturated rings. The highest BCUT2D eigenvalue weighted by atomic mass is 19.1. The Balaban J connectivity index is 2.16. The molecule has 1 heterocycles. The molecule has 0 aliphatic carbocycles. The summed E-state index contributed by atoms with van der Waals surface area (Å²) >= 11 is 0. The molecule has 3 rings (SSSR count). The summed E-state index contributed by atoms with van der Waals surface area (Å²) in [7, 11) is 0. The topological polar surface area (TPSA) is 37.8 Å². The Morgan fingerprint density at radius 1 is 0.900 bits per heavy atom. The summed E-state index contributed by atoms with van der Waals surface area (Å²) in [6, 6.07) is 13.2. The van der Waals surface area contributed by atoms with E-state index in [4.69, 9.17) is 0 Å².